The lowest BCUT2D eigenvalue weighted by Crippen LogP contribution is -2.31. The topological polar surface area (TPSA) is 21.3 Å². The highest BCUT2D eigenvalue weighted by molar-refractivity contribution is 7.10. The van der Waals surface area contributed by atoms with E-state index in [0.29, 0.717) is 18.2 Å². The number of hydrogen-bond donors (Lipinski definition) is 1. The van der Waals surface area contributed by atoms with Crippen molar-refractivity contribution in [2.45, 2.75) is 50.9 Å². The standard InChI is InChI=1S/C14H21NOS/c1-2-12(14-4-3-7-17-14)15-9-10-8-11-5-6-13(10)16-11/h3-4,7,10-13,15H,2,5-6,8-9H2,1H3. The number of hydrogen-bond acceptors (Lipinski definition) is 3. The van der Waals surface area contributed by atoms with Crippen LogP contribution in [0.1, 0.15) is 43.5 Å². The normalized spacial score (nSPS) is 33.1. The van der Waals surface area contributed by atoms with Crippen LogP contribution in [0, 0.1) is 5.92 Å². The van der Waals surface area contributed by atoms with Crippen molar-refractivity contribution in [2.24, 2.45) is 5.92 Å². The molecule has 3 rings (SSSR count). The van der Waals surface area contributed by atoms with Crippen molar-refractivity contribution in [2.75, 3.05) is 6.54 Å². The maximum absolute atomic E-state index is 5.90. The summed E-state index contributed by atoms with van der Waals surface area (Å²) in [5.74, 6) is 0.753. The molecule has 0 aliphatic carbocycles. The lowest BCUT2D eigenvalue weighted by atomic mass is 9.89. The Balaban J connectivity index is 1.53. The van der Waals surface area contributed by atoms with Crippen molar-refractivity contribution in [3.8, 4) is 0 Å². The summed E-state index contributed by atoms with van der Waals surface area (Å²) in [4.78, 5) is 1.47. The van der Waals surface area contributed by atoms with E-state index in [1.165, 1.54) is 30.6 Å². The van der Waals surface area contributed by atoms with Crippen LogP contribution in [0.2, 0.25) is 0 Å². The van der Waals surface area contributed by atoms with E-state index >= 15 is 0 Å². The summed E-state index contributed by atoms with van der Waals surface area (Å²) < 4.78 is 5.90. The van der Waals surface area contributed by atoms with Gasteiger partial charge in [-0.3, -0.25) is 0 Å². The van der Waals surface area contributed by atoms with E-state index < -0.39 is 0 Å². The molecule has 1 N–H and O–H groups in total. The Labute approximate surface area is 107 Å². The molecule has 1 aromatic rings. The number of thiophene rings is 1. The predicted octanol–water partition coefficient (Wildman–Crippen LogP) is 3.36. The lowest BCUT2D eigenvalue weighted by molar-refractivity contribution is 0.0919. The van der Waals surface area contributed by atoms with E-state index in [4.69, 9.17) is 4.74 Å². The van der Waals surface area contributed by atoms with Crippen molar-refractivity contribution < 1.29 is 4.74 Å². The summed E-state index contributed by atoms with van der Waals surface area (Å²) >= 11 is 1.86. The summed E-state index contributed by atoms with van der Waals surface area (Å²) in [6.07, 6.45) is 6.15. The first-order valence-corrected chi connectivity index (χ1v) is 7.67. The summed E-state index contributed by atoms with van der Waals surface area (Å²) in [5, 5.41) is 5.90. The molecule has 4 unspecified atom stereocenters. The van der Waals surface area contributed by atoms with Crippen molar-refractivity contribution in [3.05, 3.63) is 22.4 Å². The van der Waals surface area contributed by atoms with Crippen LogP contribution in [0.4, 0.5) is 0 Å². The molecule has 3 heterocycles. The third-order valence-corrected chi connectivity index (χ3v) is 5.14. The highest BCUT2D eigenvalue weighted by Gasteiger charge is 2.40. The quantitative estimate of drug-likeness (QED) is 0.866. The zero-order valence-electron chi connectivity index (χ0n) is 10.4. The molecular formula is C14H21NOS. The Morgan fingerprint density at radius 1 is 1.53 bits per heavy atom. The van der Waals surface area contributed by atoms with Crippen molar-refractivity contribution >= 4 is 11.3 Å². The average molecular weight is 251 g/mol. The van der Waals surface area contributed by atoms with Crippen LogP contribution in [0.15, 0.2) is 17.5 Å². The Morgan fingerprint density at radius 2 is 2.47 bits per heavy atom. The van der Waals surface area contributed by atoms with Gasteiger partial charge in [0.2, 0.25) is 0 Å². The minimum atomic E-state index is 0.536. The molecule has 0 aromatic carbocycles. The van der Waals surface area contributed by atoms with Gasteiger partial charge in [-0.25, -0.2) is 0 Å². The summed E-state index contributed by atoms with van der Waals surface area (Å²) in [7, 11) is 0. The van der Waals surface area contributed by atoms with Crippen LogP contribution in [-0.2, 0) is 4.74 Å². The lowest BCUT2D eigenvalue weighted by Gasteiger charge is -2.22. The molecule has 17 heavy (non-hydrogen) atoms. The second-order valence-corrected chi connectivity index (χ2v) is 6.23. The third-order valence-electron chi connectivity index (χ3n) is 4.15. The fourth-order valence-electron chi connectivity index (χ4n) is 3.19. The molecule has 0 saturated carbocycles. The van der Waals surface area contributed by atoms with Crippen LogP contribution in [0.3, 0.4) is 0 Å². The second-order valence-electron chi connectivity index (χ2n) is 5.25. The van der Waals surface area contributed by atoms with Gasteiger partial charge in [-0.2, -0.15) is 0 Å². The monoisotopic (exact) mass is 251 g/mol. The van der Waals surface area contributed by atoms with Crippen LogP contribution >= 0.6 is 11.3 Å². The molecule has 2 fully saturated rings. The van der Waals surface area contributed by atoms with Crippen molar-refractivity contribution in [1.29, 1.82) is 0 Å². The smallest absolute Gasteiger partial charge is 0.0621 e. The van der Waals surface area contributed by atoms with E-state index in [1.807, 2.05) is 11.3 Å². The number of nitrogens with one attached hydrogen (secondary N) is 1. The van der Waals surface area contributed by atoms with Gasteiger partial charge < -0.3 is 10.1 Å². The van der Waals surface area contributed by atoms with Gasteiger partial charge in [-0.15, -0.1) is 11.3 Å². The number of fused-ring (bicyclic) bond motifs is 2. The fourth-order valence-corrected chi connectivity index (χ4v) is 4.07. The molecule has 0 amide bonds. The molecule has 2 nitrogen and oxygen atoms in total. The van der Waals surface area contributed by atoms with Crippen LogP contribution < -0.4 is 5.32 Å². The summed E-state index contributed by atoms with van der Waals surface area (Å²) in [6, 6.07) is 4.92. The predicted molar refractivity (Wildman–Crippen MR) is 71.4 cm³/mol. The first kappa shape index (κ1) is 11.7. The molecule has 2 saturated heterocycles. The van der Waals surface area contributed by atoms with Crippen LogP contribution in [0.5, 0.6) is 0 Å². The molecule has 4 atom stereocenters. The van der Waals surface area contributed by atoms with Gasteiger partial charge in [0.05, 0.1) is 12.2 Å². The zero-order chi connectivity index (χ0) is 11.7. The van der Waals surface area contributed by atoms with Gasteiger partial charge in [0.25, 0.3) is 0 Å². The van der Waals surface area contributed by atoms with E-state index in [-0.39, 0.29) is 0 Å². The van der Waals surface area contributed by atoms with Gasteiger partial charge in [-0.05, 0) is 37.1 Å². The largest absolute Gasteiger partial charge is 0.375 e. The highest BCUT2D eigenvalue weighted by atomic mass is 32.1. The molecule has 2 aliphatic heterocycles. The molecule has 0 radical (unpaired) electrons. The third kappa shape index (κ3) is 2.42. The molecule has 0 spiro atoms. The first-order chi connectivity index (χ1) is 8.36. The Bertz CT molecular complexity index is 351. The van der Waals surface area contributed by atoms with Crippen molar-refractivity contribution in [3.63, 3.8) is 0 Å². The second kappa shape index (κ2) is 5.09. The molecule has 2 bridgehead atoms. The molecule has 1 aromatic heterocycles. The van der Waals surface area contributed by atoms with Gasteiger partial charge >= 0.3 is 0 Å². The van der Waals surface area contributed by atoms with Gasteiger partial charge in [0.1, 0.15) is 0 Å². The van der Waals surface area contributed by atoms with Crippen molar-refractivity contribution in [1.82, 2.24) is 5.32 Å². The highest BCUT2D eigenvalue weighted by Crippen LogP contribution is 2.38. The minimum Gasteiger partial charge on any atom is -0.375 e. The Hall–Kier alpha value is -0.380. The fraction of sp³-hybridized carbons (Fsp3) is 0.714. The van der Waals surface area contributed by atoms with Crippen LogP contribution in [-0.4, -0.2) is 18.8 Å². The first-order valence-electron chi connectivity index (χ1n) is 6.79. The number of ether oxygens (including phenoxy) is 1. The Morgan fingerprint density at radius 3 is 3.06 bits per heavy atom. The number of rotatable bonds is 5. The summed E-state index contributed by atoms with van der Waals surface area (Å²) in [5.41, 5.74) is 0. The maximum Gasteiger partial charge on any atom is 0.0621 e. The van der Waals surface area contributed by atoms with E-state index in [0.717, 1.165) is 12.5 Å². The van der Waals surface area contributed by atoms with Gasteiger partial charge in [0, 0.05) is 23.4 Å². The molecule has 94 valence electrons. The Kier molecular flexibility index (Phi) is 3.50. The molecule has 2 aliphatic rings. The minimum absolute atomic E-state index is 0.536. The van der Waals surface area contributed by atoms with E-state index in [2.05, 4.69) is 29.8 Å². The zero-order valence-corrected chi connectivity index (χ0v) is 11.2. The summed E-state index contributed by atoms with van der Waals surface area (Å²) in [6.45, 7) is 3.38. The van der Waals surface area contributed by atoms with Gasteiger partial charge in [-0.1, -0.05) is 13.0 Å². The van der Waals surface area contributed by atoms with E-state index in [1.54, 1.807) is 0 Å². The van der Waals surface area contributed by atoms with Gasteiger partial charge in [0.15, 0.2) is 0 Å². The average Bonchev–Trinajstić information content (AvgIpc) is 3.06. The van der Waals surface area contributed by atoms with Crippen LogP contribution in [0.25, 0.3) is 0 Å². The maximum atomic E-state index is 5.90. The SMILES string of the molecule is CCC(NCC1CC2CCC1O2)c1cccs1. The molecule has 3 heteroatoms. The molecular weight excluding hydrogens is 230 g/mol. The van der Waals surface area contributed by atoms with E-state index in [9.17, 15) is 0 Å².